The summed E-state index contributed by atoms with van der Waals surface area (Å²) in [5.74, 6) is 0.339. The maximum Gasteiger partial charge on any atom is 0.140 e. The first-order chi connectivity index (χ1) is 7.25. The van der Waals surface area contributed by atoms with Gasteiger partial charge in [-0.1, -0.05) is 0 Å². The Morgan fingerprint density at radius 1 is 1.18 bits per heavy atom. The number of hydrogen-bond acceptors (Lipinski definition) is 1. The number of halogens is 1. The van der Waals surface area contributed by atoms with Crippen LogP contribution in [0.3, 0.4) is 0 Å². The second-order valence-corrected chi connectivity index (χ2v) is 5.64. The lowest BCUT2D eigenvalue weighted by atomic mass is 9.87. The van der Waals surface area contributed by atoms with Gasteiger partial charge in [-0.25, -0.2) is 0 Å². The van der Waals surface area contributed by atoms with Crippen LogP contribution in [0.25, 0.3) is 5.57 Å². The molecule has 0 spiro atoms. The molecule has 0 fully saturated rings. The molecule has 0 radical (unpaired) electrons. The predicted molar refractivity (Wildman–Crippen MR) is 69.5 cm³/mol. The Bertz CT molecular complexity index is 475. The van der Waals surface area contributed by atoms with Crippen molar-refractivity contribution in [3.05, 3.63) is 29.8 Å². The Labute approximate surface area is 110 Å². The third kappa shape index (κ3) is 1.96. The lowest BCUT2D eigenvalue weighted by Crippen LogP contribution is -3.00. The van der Waals surface area contributed by atoms with E-state index in [1.54, 1.807) is 6.07 Å². The zero-order valence-electron chi connectivity index (χ0n) is 11.1. The van der Waals surface area contributed by atoms with Crippen LogP contribution in [-0.4, -0.2) is 24.7 Å². The number of rotatable bonds is 0. The zero-order chi connectivity index (χ0) is 12.1. The molecule has 0 aromatic heterocycles. The van der Waals surface area contributed by atoms with E-state index >= 15 is 0 Å². The summed E-state index contributed by atoms with van der Waals surface area (Å²) >= 11 is 0. The van der Waals surface area contributed by atoms with E-state index in [2.05, 4.69) is 40.9 Å². The lowest BCUT2D eigenvalue weighted by Gasteiger charge is -2.46. The Kier molecular flexibility index (Phi) is 3.34. The monoisotopic (exact) mass is 253 g/mol. The van der Waals surface area contributed by atoms with Crippen LogP contribution in [0.2, 0.25) is 0 Å². The van der Waals surface area contributed by atoms with Gasteiger partial charge in [-0.05, 0) is 44.6 Å². The fraction of sp³-hybridized carbons (Fsp3) is 0.429. The topological polar surface area (TPSA) is 20.2 Å². The summed E-state index contributed by atoms with van der Waals surface area (Å²) in [7, 11) is 4.41. The molecule has 94 valence electrons. The zero-order valence-corrected chi connectivity index (χ0v) is 11.8. The van der Waals surface area contributed by atoms with Crippen molar-refractivity contribution >= 4 is 11.3 Å². The molecule has 0 saturated carbocycles. The van der Waals surface area contributed by atoms with Gasteiger partial charge < -0.3 is 17.5 Å². The van der Waals surface area contributed by atoms with E-state index in [9.17, 15) is 5.11 Å². The van der Waals surface area contributed by atoms with Gasteiger partial charge in [0.2, 0.25) is 0 Å². The largest absolute Gasteiger partial charge is 1.00 e. The summed E-state index contributed by atoms with van der Waals surface area (Å²) in [6, 6.07) is 5.66. The number of aromatic hydroxyl groups is 1. The first-order valence-electron chi connectivity index (χ1n) is 5.63. The molecule has 0 bridgehead atoms. The van der Waals surface area contributed by atoms with Crippen LogP contribution < -0.4 is 16.9 Å². The van der Waals surface area contributed by atoms with Gasteiger partial charge in [-0.3, -0.25) is 4.48 Å². The maximum absolute atomic E-state index is 9.57. The normalized spacial score (nSPS) is 19.9. The van der Waals surface area contributed by atoms with Crippen LogP contribution in [0.5, 0.6) is 5.75 Å². The van der Waals surface area contributed by atoms with Crippen LogP contribution in [0.15, 0.2) is 24.3 Å². The third-order valence-corrected chi connectivity index (χ3v) is 4.02. The molecular weight excluding hydrogens is 234 g/mol. The van der Waals surface area contributed by atoms with Gasteiger partial charge in [-0.15, -0.1) is 0 Å². The molecule has 0 unspecified atom stereocenters. The lowest BCUT2D eigenvalue weighted by molar-refractivity contribution is -0.00000469. The van der Waals surface area contributed by atoms with Crippen molar-refractivity contribution in [3.8, 4) is 5.75 Å². The van der Waals surface area contributed by atoms with Crippen molar-refractivity contribution in [1.82, 2.24) is 4.48 Å². The van der Waals surface area contributed by atoms with Crippen LogP contribution in [0.1, 0.15) is 26.3 Å². The minimum atomic E-state index is 0. The summed E-state index contributed by atoms with van der Waals surface area (Å²) in [4.78, 5) is 0. The van der Waals surface area contributed by atoms with Gasteiger partial charge in [0.15, 0.2) is 0 Å². The molecule has 1 aliphatic rings. The molecule has 1 heterocycles. The van der Waals surface area contributed by atoms with Gasteiger partial charge in [0.05, 0.1) is 14.1 Å². The van der Waals surface area contributed by atoms with Crippen molar-refractivity contribution in [1.29, 1.82) is 0 Å². The van der Waals surface area contributed by atoms with E-state index in [4.69, 9.17) is 0 Å². The van der Waals surface area contributed by atoms with Crippen molar-refractivity contribution in [3.63, 3.8) is 0 Å². The quantitative estimate of drug-likeness (QED) is 0.653. The van der Waals surface area contributed by atoms with E-state index in [1.807, 2.05) is 12.1 Å². The van der Waals surface area contributed by atoms with Crippen molar-refractivity contribution in [2.45, 2.75) is 26.3 Å². The molecular formula is C14H20ClNO. The molecule has 1 aromatic rings. The van der Waals surface area contributed by atoms with Crippen molar-refractivity contribution in [2.24, 2.45) is 0 Å². The first-order valence-corrected chi connectivity index (χ1v) is 5.63. The average Bonchev–Trinajstić information content (AvgIpc) is 2.14. The second-order valence-electron chi connectivity index (χ2n) is 5.64. The van der Waals surface area contributed by atoms with Gasteiger partial charge in [0.1, 0.15) is 17.0 Å². The second kappa shape index (κ2) is 4.04. The van der Waals surface area contributed by atoms with Crippen LogP contribution in [-0.2, 0) is 0 Å². The van der Waals surface area contributed by atoms with Crippen LogP contribution >= 0.6 is 0 Å². The molecule has 1 aliphatic heterocycles. The number of phenolic OH excluding ortho intramolecular Hbond substituents is 1. The van der Waals surface area contributed by atoms with Crippen molar-refractivity contribution < 1.29 is 17.5 Å². The molecule has 17 heavy (non-hydrogen) atoms. The summed E-state index contributed by atoms with van der Waals surface area (Å²) in [6.07, 6.45) is 2.29. The minimum Gasteiger partial charge on any atom is -1.00 e. The third-order valence-electron chi connectivity index (χ3n) is 4.02. The van der Waals surface area contributed by atoms with E-state index in [0.29, 0.717) is 5.75 Å². The van der Waals surface area contributed by atoms with Crippen LogP contribution in [0, 0.1) is 0 Å². The highest BCUT2D eigenvalue weighted by Crippen LogP contribution is 2.43. The number of phenols is 1. The summed E-state index contributed by atoms with van der Waals surface area (Å²) in [5.41, 5.74) is 3.74. The van der Waals surface area contributed by atoms with Gasteiger partial charge in [0, 0.05) is 11.6 Å². The molecule has 3 heteroatoms. The average molecular weight is 254 g/mol. The first kappa shape index (κ1) is 14.1. The maximum atomic E-state index is 9.57. The Hall–Kier alpha value is -0.990. The smallest absolute Gasteiger partial charge is 0.140 e. The fourth-order valence-electron chi connectivity index (χ4n) is 2.41. The number of hydrogen-bond donors (Lipinski definition) is 1. The number of quaternary nitrogens is 1. The van der Waals surface area contributed by atoms with E-state index in [1.165, 1.54) is 11.3 Å². The number of fused-ring (bicyclic) bond motifs is 1. The molecule has 2 nitrogen and oxygen atoms in total. The molecule has 1 N–H and O–H groups in total. The van der Waals surface area contributed by atoms with Crippen molar-refractivity contribution in [2.75, 3.05) is 14.1 Å². The number of likely N-dealkylation sites (N-methyl/N-ethyl adjacent to an activating group) is 1. The van der Waals surface area contributed by atoms with Gasteiger partial charge in [-0.2, -0.15) is 0 Å². The molecule has 2 rings (SSSR count). The highest BCUT2D eigenvalue weighted by atomic mass is 35.5. The number of allylic oxidation sites excluding steroid dienone is 1. The molecule has 0 amide bonds. The number of benzene rings is 1. The Balaban J connectivity index is 0.00000144. The molecule has 0 saturated heterocycles. The molecule has 1 aromatic carbocycles. The van der Waals surface area contributed by atoms with E-state index < -0.39 is 0 Å². The minimum absolute atomic E-state index is 0. The standard InChI is InChI=1S/C14H19NO.ClH/c1-10-9-14(2,3)15(4,5)13-7-6-11(16)8-12(10)13;/h6-9H,1-5H3;1H. The van der Waals surface area contributed by atoms with E-state index in [-0.39, 0.29) is 17.9 Å². The highest BCUT2D eigenvalue weighted by molar-refractivity contribution is 5.79. The molecule has 0 atom stereocenters. The summed E-state index contributed by atoms with van der Waals surface area (Å²) in [6.45, 7) is 6.60. The Morgan fingerprint density at radius 2 is 1.76 bits per heavy atom. The van der Waals surface area contributed by atoms with Gasteiger partial charge in [0.25, 0.3) is 0 Å². The van der Waals surface area contributed by atoms with Crippen LogP contribution in [0.4, 0.5) is 5.69 Å². The summed E-state index contributed by atoms with van der Waals surface area (Å²) < 4.78 is 0.806. The van der Waals surface area contributed by atoms with Gasteiger partial charge >= 0.3 is 0 Å². The number of nitrogens with zero attached hydrogens (tertiary/aromatic N) is 1. The highest BCUT2D eigenvalue weighted by Gasteiger charge is 2.41. The summed E-state index contributed by atoms with van der Waals surface area (Å²) in [5, 5.41) is 9.57. The SMILES string of the molecule is CC1=CC(C)(C)[N+](C)(C)c2ccc(O)cc21.[Cl-]. The predicted octanol–water partition coefficient (Wildman–Crippen LogP) is 0.159. The fourth-order valence-corrected chi connectivity index (χ4v) is 2.41. The Morgan fingerprint density at radius 3 is 2.35 bits per heavy atom. The van der Waals surface area contributed by atoms with E-state index in [0.717, 1.165) is 10.0 Å². The molecule has 0 aliphatic carbocycles.